The SMILES string of the molecule is CC1CCCN1CCC1CCCNC1. The van der Waals surface area contributed by atoms with E-state index in [0.29, 0.717) is 0 Å². The molecule has 2 heteroatoms. The topological polar surface area (TPSA) is 15.3 Å². The molecule has 0 aromatic carbocycles. The third kappa shape index (κ3) is 2.71. The first-order valence-corrected chi connectivity index (χ1v) is 6.31. The minimum absolute atomic E-state index is 0.853. The summed E-state index contributed by atoms with van der Waals surface area (Å²) in [7, 11) is 0. The van der Waals surface area contributed by atoms with Crippen LogP contribution in [0.5, 0.6) is 0 Å². The van der Waals surface area contributed by atoms with Crippen LogP contribution in [-0.2, 0) is 0 Å². The van der Waals surface area contributed by atoms with E-state index in [9.17, 15) is 0 Å². The molecule has 2 unspecified atom stereocenters. The molecule has 2 atom stereocenters. The van der Waals surface area contributed by atoms with Gasteiger partial charge in [0.05, 0.1) is 0 Å². The van der Waals surface area contributed by atoms with Gasteiger partial charge in [-0.05, 0) is 71.1 Å². The van der Waals surface area contributed by atoms with Gasteiger partial charge in [-0.3, -0.25) is 0 Å². The first-order valence-electron chi connectivity index (χ1n) is 6.31. The van der Waals surface area contributed by atoms with Crippen LogP contribution < -0.4 is 5.32 Å². The third-order valence-corrected chi connectivity index (χ3v) is 3.91. The Bertz CT molecular complexity index is 164. The molecule has 2 aliphatic heterocycles. The Morgan fingerprint density at radius 1 is 1.29 bits per heavy atom. The molecule has 0 radical (unpaired) electrons. The molecule has 0 bridgehead atoms. The summed E-state index contributed by atoms with van der Waals surface area (Å²) in [6.45, 7) is 7.58. The van der Waals surface area contributed by atoms with Gasteiger partial charge in [-0.15, -0.1) is 0 Å². The summed E-state index contributed by atoms with van der Waals surface area (Å²) in [4.78, 5) is 2.68. The van der Waals surface area contributed by atoms with Crippen molar-refractivity contribution in [3.8, 4) is 0 Å². The van der Waals surface area contributed by atoms with E-state index in [-0.39, 0.29) is 0 Å². The second-order valence-corrected chi connectivity index (χ2v) is 5.03. The van der Waals surface area contributed by atoms with Gasteiger partial charge in [-0.1, -0.05) is 0 Å². The standard InChI is InChI=1S/C12H24N2/c1-11-4-3-8-14(11)9-6-12-5-2-7-13-10-12/h11-13H,2-10H2,1H3. The molecule has 0 aliphatic carbocycles. The van der Waals surface area contributed by atoms with E-state index in [4.69, 9.17) is 0 Å². The Kier molecular flexibility index (Phi) is 3.82. The Morgan fingerprint density at radius 3 is 2.86 bits per heavy atom. The molecule has 82 valence electrons. The second-order valence-electron chi connectivity index (χ2n) is 5.03. The van der Waals surface area contributed by atoms with Gasteiger partial charge < -0.3 is 10.2 Å². The van der Waals surface area contributed by atoms with Gasteiger partial charge >= 0.3 is 0 Å². The smallest absolute Gasteiger partial charge is 0.00674 e. The van der Waals surface area contributed by atoms with E-state index in [1.807, 2.05) is 0 Å². The highest BCUT2D eigenvalue weighted by Crippen LogP contribution is 2.20. The maximum absolute atomic E-state index is 3.50. The van der Waals surface area contributed by atoms with Gasteiger partial charge in [0.25, 0.3) is 0 Å². The van der Waals surface area contributed by atoms with E-state index in [2.05, 4.69) is 17.1 Å². The van der Waals surface area contributed by atoms with Gasteiger partial charge in [0, 0.05) is 6.04 Å². The van der Waals surface area contributed by atoms with Crippen molar-refractivity contribution in [3.63, 3.8) is 0 Å². The van der Waals surface area contributed by atoms with E-state index in [0.717, 1.165) is 12.0 Å². The number of likely N-dealkylation sites (tertiary alicyclic amines) is 1. The van der Waals surface area contributed by atoms with Crippen LogP contribution in [0.1, 0.15) is 39.0 Å². The van der Waals surface area contributed by atoms with Crippen molar-refractivity contribution in [1.82, 2.24) is 10.2 Å². The Labute approximate surface area is 88.1 Å². The summed E-state index contributed by atoms with van der Waals surface area (Å²) in [6.07, 6.45) is 7.10. The van der Waals surface area contributed by atoms with Crippen LogP contribution in [0.15, 0.2) is 0 Å². The minimum Gasteiger partial charge on any atom is -0.316 e. The van der Waals surface area contributed by atoms with Crippen LogP contribution in [0.2, 0.25) is 0 Å². The third-order valence-electron chi connectivity index (χ3n) is 3.91. The highest BCUT2D eigenvalue weighted by Gasteiger charge is 2.21. The Hall–Kier alpha value is -0.0800. The monoisotopic (exact) mass is 196 g/mol. The number of hydrogen-bond donors (Lipinski definition) is 1. The lowest BCUT2D eigenvalue weighted by Gasteiger charge is -2.27. The molecule has 2 heterocycles. The molecule has 0 aromatic heterocycles. The molecule has 2 nitrogen and oxygen atoms in total. The zero-order valence-corrected chi connectivity index (χ0v) is 9.47. The van der Waals surface area contributed by atoms with Gasteiger partial charge in [0.2, 0.25) is 0 Å². The molecule has 0 saturated carbocycles. The van der Waals surface area contributed by atoms with E-state index in [1.54, 1.807) is 0 Å². The highest BCUT2D eigenvalue weighted by atomic mass is 15.2. The van der Waals surface area contributed by atoms with Crippen LogP contribution in [0.4, 0.5) is 0 Å². The van der Waals surface area contributed by atoms with Gasteiger partial charge in [-0.2, -0.15) is 0 Å². The summed E-state index contributed by atoms with van der Waals surface area (Å²) in [6, 6.07) is 0.853. The Balaban J connectivity index is 1.65. The minimum atomic E-state index is 0.853. The van der Waals surface area contributed by atoms with Crippen molar-refractivity contribution in [2.24, 2.45) is 5.92 Å². The van der Waals surface area contributed by atoms with E-state index in [1.165, 1.54) is 58.3 Å². The lowest BCUT2D eigenvalue weighted by atomic mass is 9.96. The zero-order chi connectivity index (χ0) is 9.80. The molecule has 0 spiro atoms. The van der Waals surface area contributed by atoms with Crippen molar-refractivity contribution in [2.75, 3.05) is 26.2 Å². The molecule has 2 saturated heterocycles. The number of hydrogen-bond acceptors (Lipinski definition) is 2. The van der Waals surface area contributed by atoms with Crippen molar-refractivity contribution in [1.29, 1.82) is 0 Å². The summed E-state index contributed by atoms with van der Waals surface area (Å²) in [5.41, 5.74) is 0. The van der Waals surface area contributed by atoms with Crippen LogP contribution in [0, 0.1) is 5.92 Å². The van der Waals surface area contributed by atoms with Crippen LogP contribution >= 0.6 is 0 Å². The maximum Gasteiger partial charge on any atom is 0.00674 e. The summed E-state index contributed by atoms with van der Waals surface area (Å²) in [5.74, 6) is 0.955. The fraction of sp³-hybridized carbons (Fsp3) is 1.00. The van der Waals surface area contributed by atoms with Crippen LogP contribution in [0.3, 0.4) is 0 Å². The molecular formula is C12H24N2. The zero-order valence-electron chi connectivity index (χ0n) is 9.47. The quantitative estimate of drug-likeness (QED) is 0.741. The predicted octanol–water partition coefficient (Wildman–Crippen LogP) is 1.86. The van der Waals surface area contributed by atoms with Crippen molar-refractivity contribution in [2.45, 2.75) is 45.1 Å². The highest BCUT2D eigenvalue weighted by molar-refractivity contribution is 4.77. The Morgan fingerprint density at radius 2 is 2.21 bits per heavy atom. The van der Waals surface area contributed by atoms with Crippen molar-refractivity contribution < 1.29 is 0 Å². The molecule has 14 heavy (non-hydrogen) atoms. The molecule has 2 fully saturated rings. The predicted molar refractivity (Wildman–Crippen MR) is 60.5 cm³/mol. The van der Waals surface area contributed by atoms with E-state index < -0.39 is 0 Å². The summed E-state index contributed by atoms with van der Waals surface area (Å²) >= 11 is 0. The number of nitrogens with zero attached hydrogens (tertiary/aromatic N) is 1. The normalized spacial score (nSPS) is 34.9. The first kappa shape index (κ1) is 10.4. The largest absolute Gasteiger partial charge is 0.316 e. The fourth-order valence-corrected chi connectivity index (χ4v) is 2.84. The molecule has 0 amide bonds. The number of nitrogens with one attached hydrogen (secondary N) is 1. The summed E-state index contributed by atoms with van der Waals surface area (Å²) in [5, 5.41) is 3.50. The summed E-state index contributed by atoms with van der Waals surface area (Å²) < 4.78 is 0. The average molecular weight is 196 g/mol. The first-order chi connectivity index (χ1) is 6.86. The lowest BCUT2D eigenvalue weighted by molar-refractivity contribution is 0.232. The molecule has 2 rings (SSSR count). The van der Waals surface area contributed by atoms with Crippen LogP contribution in [-0.4, -0.2) is 37.1 Å². The lowest BCUT2D eigenvalue weighted by Crippen LogP contribution is -2.34. The fourth-order valence-electron chi connectivity index (χ4n) is 2.84. The number of piperidine rings is 1. The number of rotatable bonds is 3. The van der Waals surface area contributed by atoms with Gasteiger partial charge in [-0.25, -0.2) is 0 Å². The second kappa shape index (κ2) is 5.13. The molecule has 1 N–H and O–H groups in total. The molecular weight excluding hydrogens is 172 g/mol. The van der Waals surface area contributed by atoms with Crippen molar-refractivity contribution >= 4 is 0 Å². The molecule has 2 aliphatic rings. The molecule has 0 aromatic rings. The maximum atomic E-state index is 3.50. The van der Waals surface area contributed by atoms with E-state index >= 15 is 0 Å². The average Bonchev–Trinajstić information content (AvgIpc) is 2.63. The van der Waals surface area contributed by atoms with Gasteiger partial charge in [0.1, 0.15) is 0 Å². The van der Waals surface area contributed by atoms with Crippen LogP contribution in [0.25, 0.3) is 0 Å². The van der Waals surface area contributed by atoms with Gasteiger partial charge in [0.15, 0.2) is 0 Å². The van der Waals surface area contributed by atoms with Crippen molar-refractivity contribution in [3.05, 3.63) is 0 Å².